The van der Waals surface area contributed by atoms with Crippen LogP contribution in [0.2, 0.25) is 0 Å². The molecule has 0 unspecified atom stereocenters. The van der Waals surface area contributed by atoms with Gasteiger partial charge in [-0.1, -0.05) is 12.1 Å². The number of nitrogens with two attached hydrogens (primary N) is 1. The van der Waals surface area contributed by atoms with Gasteiger partial charge in [0, 0.05) is 32.4 Å². The van der Waals surface area contributed by atoms with E-state index in [-0.39, 0.29) is 11.8 Å². The molecule has 0 aromatic heterocycles. The van der Waals surface area contributed by atoms with E-state index in [2.05, 4.69) is 40.1 Å². The van der Waals surface area contributed by atoms with E-state index in [4.69, 9.17) is 11.0 Å². The molecule has 1 heterocycles. The molecule has 1 aromatic carbocycles. The summed E-state index contributed by atoms with van der Waals surface area (Å²) in [4.78, 5) is 15.7. The van der Waals surface area contributed by atoms with Gasteiger partial charge in [0.2, 0.25) is 5.91 Å². The summed E-state index contributed by atoms with van der Waals surface area (Å²) in [6.45, 7) is 3.38. The fraction of sp³-hybridized carbons (Fsp3) is 0.529. The van der Waals surface area contributed by atoms with Crippen molar-refractivity contribution in [2.75, 3.05) is 31.6 Å². The average molecular weight is 300 g/mol. The van der Waals surface area contributed by atoms with Gasteiger partial charge in [-0.2, -0.15) is 5.26 Å². The third-order valence-electron chi connectivity index (χ3n) is 4.25. The lowest BCUT2D eigenvalue weighted by Crippen LogP contribution is -2.40. The van der Waals surface area contributed by atoms with Crippen LogP contribution in [0.15, 0.2) is 24.3 Å². The Morgan fingerprint density at radius 3 is 2.82 bits per heavy atom. The van der Waals surface area contributed by atoms with Crippen molar-refractivity contribution in [3.8, 4) is 6.07 Å². The van der Waals surface area contributed by atoms with Crippen LogP contribution in [-0.4, -0.2) is 37.5 Å². The van der Waals surface area contributed by atoms with Crippen LogP contribution in [0.4, 0.5) is 5.69 Å². The molecular weight excluding hydrogens is 276 g/mol. The highest BCUT2D eigenvalue weighted by atomic mass is 16.1. The van der Waals surface area contributed by atoms with Gasteiger partial charge in [0.1, 0.15) is 0 Å². The van der Waals surface area contributed by atoms with E-state index >= 15 is 0 Å². The molecule has 1 amide bonds. The first-order valence-electron chi connectivity index (χ1n) is 7.79. The third kappa shape index (κ3) is 4.47. The Bertz CT molecular complexity index is 535. The maximum atomic E-state index is 11.3. The number of amides is 1. The normalized spacial score (nSPS) is 18.6. The Balaban J connectivity index is 1.91. The van der Waals surface area contributed by atoms with Gasteiger partial charge in [0.15, 0.2) is 0 Å². The van der Waals surface area contributed by atoms with Crippen LogP contribution >= 0.6 is 0 Å². The monoisotopic (exact) mass is 300 g/mol. The molecule has 1 aromatic rings. The number of primary amides is 1. The summed E-state index contributed by atoms with van der Waals surface area (Å²) in [6, 6.07) is 10.6. The van der Waals surface area contributed by atoms with Gasteiger partial charge in [-0.25, -0.2) is 0 Å². The molecule has 2 N–H and O–H groups in total. The Kier molecular flexibility index (Phi) is 5.79. The number of rotatable bonds is 6. The fourth-order valence-corrected chi connectivity index (χ4v) is 2.89. The highest BCUT2D eigenvalue weighted by molar-refractivity contribution is 5.76. The zero-order valence-electron chi connectivity index (χ0n) is 13.2. The number of nitriles is 1. The van der Waals surface area contributed by atoms with E-state index in [1.165, 1.54) is 5.56 Å². The van der Waals surface area contributed by atoms with Crippen molar-refractivity contribution in [3.05, 3.63) is 29.8 Å². The minimum absolute atomic E-state index is 0.00913. The fourth-order valence-electron chi connectivity index (χ4n) is 2.89. The molecule has 0 aliphatic carbocycles. The van der Waals surface area contributed by atoms with Gasteiger partial charge in [-0.05, 0) is 37.1 Å². The Morgan fingerprint density at radius 2 is 2.18 bits per heavy atom. The molecule has 0 spiro atoms. The lowest BCUT2D eigenvalue weighted by atomic mass is 9.97. The molecule has 1 aliphatic heterocycles. The lowest BCUT2D eigenvalue weighted by molar-refractivity contribution is -0.123. The van der Waals surface area contributed by atoms with Crippen LogP contribution in [0.5, 0.6) is 0 Å². The van der Waals surface area contributed by atoms with Crippen LogP contribution in [0.1, 0.15) is 24.8 Å². The SMILES string of the molecule is CN(CCC#N)c1ccc(CN2CCC[C@@H](C(N)=O)C2)cc1. The second-order valence-electron chi connectivity index (χ2n) is 5.97. The molecule has 0 bridgehead atoms. The summed E-state index contributed by atoms with van der Waals surface area (Å²) in [5.74, 6) is -0.190. The standard InChI is InChI=1S/C17H24N4O/c1-20(10-3-9-18)16-7-5-14(6-8-16)12-21-11-2-4-15(13-21)17(19)22/h5-8,15H,2-4,10-13H2,1H3,(H2,19,22)/t15-/m1/s1. The first kappa shape index (κ1) is 16.3. The molecule has 0 radical (unpaired) electrons. The van der Waals surface area contributed by atoms with E-state index < -0.39 is 0 Å². The van der Waals surface area contributed by atoms with Crippen LogP contribution in [-0.2, 0) is 11.3 Å². The minimum Gasteiger partial charge on any atom is -0.374 e. The molecule has 22 heavy (non-hydrogen) atoms. The van der Waals surface area contributed by atoms with Crippen molar-refractivity contribution in [2.45, 2.75) is 25.8 Å². The first-order valence-corrected chi connectivity index (χ1v) is 7.79. The zero-order valence-corrected chi connectivity index (χ0v) is 13.2. The molecule has 2 rings (SSSR count). The summed E-state index contributed by atoms with van der Waals surface area (Å²) < 4.78 is 0. The summed E-state index contributed by atoms with van der Waals surface area (Å²) >= 11 is 0. The third-order valence-corrected chi connectivity index (χ3v) is 4.25. The zero-order chi connectivity index (χ0) is 15.9. The van der Waals surface area contributed by atoms with Crippen molar-refractivity contribution < 1.29 is 4.79 Å². The molecule has 118 valence electrons. The Morgan fingerprint density at radius 1 is 1.45 bits per heavy atom. The van der Waals surface area contributed by atoms with Gasteiger partial charge < -0.3 is 10.6 Å². The molecule has 1 fully saturated rings. The highest BCUT2D eigenvalue weighted by Crippen LogP contribution is 2.20. The number of carbonyl (C=O) groups excluding carboxylic acids is 1. The molecule has 1 aliphatic rings. The van der Waals surface area contributed by atoms with Crippen molar-refractivity contribution >= 4 is 11.6 Å². The summed E-state index contributed by atoms with van der Waals surface area (Å²) in [5.41, 5.74) is 7.78. The lowest BCUT2D eigenvalue weighted by Gasteiger charge is -2.31. The molecule has 0 saturated carbocycles. The Labute approximate surface area is 132 Å². The topological polar surface area (TPSA) is 73.4 Å². The van der Waals surface area contributed by atoms with Gasteiger partial charge >= 0.3 is 0 Å². The second-order valence-corrected chi connectivity index (χ2v) is 5.97. The minimum atomic E-state index is -0.181. The predicted molar refractivity (Wildman–Crippen MR) is 87.1 cm³/mol. The Hall–Kier alpha value is -2.06. The maximum absolute atomic E-state index is 11.3. The number of likely N-dealkylation sites (tertiary alicyclic amines) is 1. The predicted octanol–water partition coefficient (Wildman–Crippen LogP) is 1.73. The van der Waals surface area contributed by atoms with Gasteiger partial charge in [0.05, 0.1) is 18.4 Å². The number of nitrogens with zero attached hydrogens (tertiary/aromatic N) is 3. The van der Waals surface area contributed by atoms with Crippen molar-refractivity contribution in [1.82, 2.24) is 4.90 Å². The molecule has 1 atom stereocenters. The van der Waals surface area contributed by atoms with E-state index in [0.717, 1.165) is 44.7 Å². The smallest absolute Gasteiger partial charge is 0.221 e. The summed E-state index contributed by atoms with van der Waals surface area (Å²) in [6.07, 6.45) is 2.47. The number of piperidine rings is 1. The van der Waals surface area contributed by atoms with Crippen LogP contribution < -0.4 is 10.6 Å². The van der Waals surface area contributed by atoms with Gasteiger partial charge in [0.25, 0.3) is 0 Å². The van der Waals surface area contributed by atoms with Crippen LogP contribution in [0, 0.1) is 17.2 Å². The maximum Gasteiger partial charge on any atom is 0.221 e. The van der Waals surface area contributed by atoms with Crippen molar-refractivity contribution in [3.63, 3.8) is 0 Å². The first-order chi connectivity index (χ1) is 10.6. The van der Waals surface area contributed by atoms with E-state index in [1.54, 1.807) is 0 Å². The van der Waals surface area contributed by atoms with Gasteiger partial charge in [-0.15, -0.1) is 0 Å². The van der Waals surface area contributed by atoms with E-state index in [1.807, 2.05) is 7.05 Å². The molecular formula is C17H24N4O. The molecule has 5 nitrogen and oxygen atoms in total. The van der Waals surface area contributed by atoms with Crippen molar-refractivity contribution in [2.24, 2.45) is 11.7 Å². The van der Waals surface area contributed by atoms with Crippen LogP contribution in [0.3, 0.4) is 0 Å². The number of carbonyl (C=O) groups is 1. The average Bonchev–Trinajstić information content (AvgIpc) is 2.53. The van der Waals surface area contributed by atoms with E-state index in [0.29, 0.717) is 6.42 Å². The van der Waals surface area contributed by atoms with Gasteiger partial charge in [-0.3, -0.25) is 9.69 Å². The number of anilines is 1. The summed E-state index contributed by atoms with van der Waals surface area (Å²) in [7, 11) is 1.99. The number of hydrogen-bond acceptors (Lipinski definition) is 4. The molecule has 1 saturated heterocycles. The highest BCUT2D eigenvalue weighted by Gasteiger charge is 2.23. The second kappa shape index (κ2) is 7.81. The molecule has 5 heteroatoms. The van der Waals surface area contributed by atoms with Crippen LogP contribution in [0.25, 0.3) is 0 Å². The quantitative estimate of drug-likeness (QED) is 0.868. The largest absolute Gasteiger partial charge is 0.374 e. The van der Waals surface area contributed by atoms with Crippen molar-refractivity contribution in [1.29, 1.82) is 5.26 Å². The summed E-state index contributed by atoms with van der Waals surface area (Å²) in [5, 5.41) is 8.63. The number of hydrogen-bond donors (Lipinski definition) is 1. The van der Waals surface area contributed by atoms with E-state index in [9.17, 15) is 4.79 Å². The number of benzene rings is 1.